The van der Waals surface area contributed by atoms with E-state index < -0.39 is 23.4 Å². The van der Waals surface area contributed by atoms with Crippen LogP contribution in [0.5, 0.6) is 0 Å². The molecule has 0 spiro atoms. The lowest BCUT2D eigenvalue weighted by molar-refractivity contribution is -0.137. The number of aryl methyl sites for hydroxylation is 2. The maximum absolute atomic E-state index is 12.8. The second-order valence-corrected chi connectivity index (χ2v) is 7.68. The summed E-state index contributed by atoms with van der Waals surface area (Å²) in [5, 5.41) is 9.09. The molecule has 0 saturated carbocycles. The van der Waals surface area contributed by atoms with Crippen LogP contribution in [0.15, 0.2) is 18.3 Å². The fraction of sp³-hybridized carbons (Fsp3) is 0.389. The van der Waals surface area contributed by atoms with Crippen molar-refractivity contribution in [1.29, 1.82) is 5.26 Å². The van der Waals surface area contributed by atoms with Crippen molar-refractivity contribution in [3.63, 3.8) is 0 Å². The Morgan fingerprint density at radius 2 is 2.00 bits per heavy atom. The van der Waals surface area contributed by atoms with Crippen molar-refractivity contribution < 1.29 is 18.0 Å². The molecule has 1 aliphatic carbocycles. The summed E-state index contributed by atoms with van der Waals surface area (Å²) in [7, 11) is 0. The van der Waals surface area contributed by atoms with Gasteiger partial charge in [-0.15, -0.1) is 11.3 Å². The zero-order valence-electron chi connectivity index (χ0n) is 13.6. The summed E-state index contributed by atoms with van der Waals surface area (Å²) < 4.78 is 38.2. The van der Waals surface area contributed by atoms with Gasteiger partial charge in [0, 0.05) is 11.1 Å². The number of nitriles is 1. The van der Waals surface area contributed by atoms with Crippen LogP contribution in [0.4, 0.5) is 13.2 Å². The number of rotatable bonds is 3. The zero-order chi connectivity index (χ0) is 18.9. The number of carbonyl (C=O) groups is 1. The number of alkyl halides is 3. The summed E-state index contributed by atoms with van der Waals surface area (Å²) in [4.78, 5) is 18.0. The molecule has 1 unspecified atom stereocenters. The van der Waals surface area contributed by atoms with Crippen molar-refractivity contribution in [2.45, 2.75) is 44.2 Å². The van der Waals surface area contributed by atoms with E-state index in [4.69, 9.17) is 11.6 Å². The van der Waals surface area contributed by atoms with Crippen molar-refractivity contribution in [3.8, 4) is 6.07 Å². The molecule has 0 fully saturated rings. The summed E-state index contributed by atoms with van der Waals surface area (Å²) in [6.07, 6.45) is 1.09. The number of Topliss-reactive ketones (excluding diaryl/α,β-unsaturated/α-hetero) is 1. The predicted molar refractivity (Wildman–Crippen MR) is 92.5 cm³/mol. The van der Waals surface area contributed by atoms with Gasteiger partial charge in [0.15, 0.2) is 11.7 Å². The van der Waals surface area contributed by atoms with Crippen LogP contribution in [0.25, 0.3) is 0 Å². The lowest BCUT2D eigenvalue weighted by Gasteiger charge is -2.11. The number of ketones is 1. The van der Waals surface area contributed by atoms with Crippen LogP contribution < -0.4 is 0 Å². The normalized spacial score (nSPS) is 15.7. The fourth-order valence-corrected chi connectivity index (χ4v) is 4.49. The number of halogens is 4. The van der Waals surface area contributed by atoms with Crippen LogP contribution in [-0.4, -0.2) is 10.8 Å². The van der Waals surface area contributed by atoms with Crippen molar-refractivity contribution in [2.24, 2.45) is 0 Å². The van der Waals surface area contributed by atoms with Gasteiger partial charge in [-0.05, 0) is 43.4 Å². The quantitative estimate of drug-likeness (QED) is 0.501. The van der Waals surface area contributed by atoms with Crippen LogP contribution in [0.3, 0.4) is 0 Å². The smallest absolute Gasteiger partial charge is 0.291 e. The van der Waals surface area contributed by atoms with Crippen molar-refractivity contribution >= 4 is 28.7 Å². The van der Waals surface area contributed by atoms with E-state index in [1.165, 1.54) is 11.3 Å². The third-order valence-corrected chi connectivity index (χ3v) is 5.91. The second kappa shape index (κ2) is 7.37. The van der Waals surface area contributed by atoms with E-state index in [1.54, 1.807) is 6.07 Å². The highest BCUT2D eigenvalue weighted by atomic mass is 35.5. The van der Waals surface area contributed by atoms with Crippen molar-refractivity contribution in [3.05, 3.63) is 49.9 Å². The van der Waals surface area contributed by atoms with Gasteiger partial charge in [-0.3, -0.25) is 9.78 Å². The number of hydrogen-bond donors (Lipinski definition) is 0. The van der Waals surface area contributed by atoms with Gasteiger partial charge in [-0.2, -0.15) is 18.4 Å². The topological polar surface area (TPSA) is 53.8 Å². The maximum atomic E-state index is 12.8. The Hall–Kier alpha value is -1.91. The minimum Gasteiger partial charge on any atom is -0.291 e. The summed E-state index contributed by atoms with van der Waals surface area (Å²) in [6.45, 7) is 0. The number of aromatic nitrogens is 1. The summed E-state index contributed by atoms with van der Waals surface area (Å²) in [5.41, 5.74) is -0.0343. The second-order valence-electron chi connectivity index (χ2n) is 6.13. The van der Waals surface area contributed by atoms with Gasteiger partial charge in [-0.1, -0.05) is 18.0 Å². The minimum absolute atomic E-state index is 0.143. The fourth-order valence-electron chi connectivity index (χ4n) is 2.99. The van der Waals surface area contributed by atoms with E-state index in [9.17, 15) is 23.2 Å². The molecule has 3 nitrogen and oxygen atoms in total. The molecular weight excluding hydrogens is 385 g/mol. The zero-order valence-corrected chi connectivity index (χ0v) is 15.1. The number of thiophene rings is 1. The largest absolute Gasteiger partial charge is 0.417 e. The molecule has 2 aromatic heterocycles. The molecule has 2 aromatic rings. The van der Waals surface area contributed by atoms with Crippen LogP contribution in [0.1, 0.15) is 56.6 Å². The van der Waals surface area contributed by atoms with E-state index >= 15 is 0 Å². The molecule has 0 radical (unpaired) electrons. The number of hydrogen-bond acceptors (Lipinski definition) is 4. The molecule has 0 N–H and O–H groups in total. The Kier molecular flexibility index (Phi) is 5.35. The van der Waals surface area contributed by atoms with Gasteiger partial charge < -0.3 is 0 Å². The summed E-state index contributed by atoms with van der Waals surface area (Å²) in [5.74, 6) is -1.80. The first-order valence-electron chi connectivity index (χ1n) is 8.09. The SMILES string of the molecule is N#CC(C(=O)c1cc2c(s1)CCCCC2)c1ncc(C(F)(F)F)cc1Cl. The summed E-state index contributed by atoms with van der Waals surface area (Å²) in [6, 6.07) is 4.34. The Labute approximate surface area is 157 Å². The molecule has 0 aliphatic heterocycles. The average molecular weight is 399 g/mol. The molecule has 8 heteroatoms. The molecule has 2 heterocycles. The van der Waals surface area contributed by atoms with Crippen LogP contribution >= 0.6 is 22.9 Å². The van der Waals surface area contributed by atoms with Crippen LogP contribution in [-0.2, 0) is 19.0 Å². The number of nitrogens with zero attached hydrogens (tertiary/aromatic N) is 2. The molecule has 0 saturated heterocycles. The molecule has 3 rings (SSSR count). The van der Waals surface area contributed by atoms with Gasteiger partial charge in [0.05, 0.1) is 27.2 Å². The van der Waals surface area contributed by atoms with Gasteiger partial charge in [0.1, 0.15) is 0 Å². The average Bonchev–Trinajstić information content (AvgIpc) is 2.86. The van der Waals surface area contributed by atoms with E-state index in [0.29, 0.717) is 17.1 Å². The minimum atomic E-state index is -4.59. The highest BCUT2D eigenvalue weighted by Gasteiger charge is 2.34. The molecule has 0 bridgehead atoms. The van der Waals surface area contributed by atoms with Gasteiger partial charge in [0.25, 0.3) is 0 Å². The van der Waals surface area contributed by atoms with Crippen molar-refractivity contribution in [1.82, 2.24) is 4.98 Å². The van der Waals surface area contributed by atoms with Crippen LogP contribution in [0.2, 0.25) is 5.02 Å². The molecule has 136 valence electrons. The van der Waals surface area contributed by atoms with E-state index in [2.05, 4.69) is 4.98 Å². The van der Waals surface area contributed by atoms with E-state index in [0.717, 1.165) is 42.5 Å². The molecule has 0 aromatic carbocycles. The first kappa shape index (κ1) is 18.9. The number of pyridine rings is 1. The first-order chi connectivity index (χ1) is 12.3. The van der Waals surface area contributed by atoms with Gasteiger partial charge >= 0.3 is 6.18 Å². The standard InChI is InChI=1S/C18H14ClF3N2OS/c19-13-7-11(18(20,21)22)9-24-16(13)12(8-23)17(25)15-6-10-4-2-1-3-5-14(10)26-15/h6-7,9,12H,1-5H2. The molecule has 26 heavy (non-hydrogen) atoms. The lowest BCUT2D eigenvalue weighted by Crippen LogP contribution is -2.14. The Morgan fingerprint density at radius 3 is 2.65 bits per heavy atom. The Bertz CT molecular complexity index is 862. The van der Waals surface area contributed by atoms with Gasteiger partial charge in [-0.25, -0.2) is 0 Å². The Balaban J connectivity index is 1.92. The molecule has 0 amide bonds. The molecular formula is C18H14ClF3N2OS. The highest BCUT2D eigenvalue weighted by molar-refractivity contribution is 7.14. The van der Waals surface area contributed by atoms with Crippen molar-refractivity contribution in [2.75, 3.05) is 0 Å². The predicted octanol–water partition coefficient (Wildman–Crippen LogP) is 5.57. The highest BCUT2D eigenvalue weighted by Crippen LogP contribution is 2.35. The maximum Gasteiger partial charge on any atom is 0.417 e. The van der Waals surface area contributed by atoms with Crippen LogP contribution in [0, 0.1) is 11.3 Å². The monoisotopic (exact) mass is 398 g/mol. The third-order valence-electron chi connectivity index (χ3n) is 4.35. The third kappa shape index (κ3) is 3.76. The van der Waals surface area contributed by atoms with E-state index in [1.807, 2.05) is 6.07 Å². The molecule has 1 aliphatic rings. The lowest BCUT2D eigenvalue weighted by atomic mass is 9.98. The summed E-state index contributed by atoms with van der Waals surface area (Å²) >= 11 is 7.26. The van der Waals surface area contributed by atoms with Gasteiger partial charge in [0.2, 0.25) is 0 Å². The van der Waals surface area contributed by atoms with E-state index in [-0.39, 0.29) is 10.7 Å². The Morgan fingerprint density at radius 1 is 1.27 bits per heavy atom. The number of carbonyl (C=O) groups excluding carboxylic acids is 1. The number of fused-ring (bicyclic) bond motifs is 1. The molecule has 1 atom stereocenters. The first-order valence-corrected chi connectivity index (χ1v) is 9.28.